The fourth-order valence-electron chi connectivity index (χ4n) is 1.29. The summed E-state index contributed by atoms with van der Waals surface area (Å²) in [7, 11) is 0. The van der Waals surface area contributed by atoms with E-state index < -0.39 is 11.9 Å². The second-order valence-electron chi connectivity index (χ2n) is 3.89. The van der Waals surface area contributed by atoms with Crippen molar-refractivity contribution >= 4 is 11.9 Å². The smallest absolute Gasteiger partial charge is 0.550 e. The summed E-state index contributed by atoms with van der Waals surface area (Å²) in [4.78, 5) is 19.7. The van der Waals surface area contributed by atoms with Gasteiger partial charge in [-0.15, -0.1) is 0 Å². The number of hydrogen-bond donors (Lipinski definition) is 0. The molecular weight excluding hydrogens is 249 g/mol. The second-order valence-corrected chi connectivity index (χ2v) is 3.89. The quantitative estimate of drug-likeness (QED) is 0.603. The first kappa shape index (κ1) is 14.6. The molecule has 2 fully saturated rings. The molecule has 0 atom stereocenters. The fourth-order valence-corrected chi connectivity index (χ4v) is 1.29. The third-order valence-corrected chi connectivity index (χ3v) is 2.88. The van der Waals surface area contributed by atoms with E-state index in [1.54, 1.807) is 0 Å². The van der Waals surface area contributed by atoms with Crippen LogP contribution in [0.2, 0.25) is 0 Å². The third kappa shape index (κ3) is 4.74. The number of hydrogen-bond acceptors (Lipinski definition) is 4. The molecular formula is C10H14O4Zn. The van der Waals surface area contributed by atoms with E-state index in [4.69, 9.17) is 0 Å². The van der Waals surface area contributed by atoms with Gasteiger partial charge >= 0.3 is 19.5 Å². The predicted octanol–water partition coefficient (Wildman–Crippen LogP) is -0.930. The third-order valence-electron chi connectivity index (χ3n) is 2.88. The van der Waals surface area contributed by atoms with Gasteiger partial charge in [0, 0.05) is 11.9 Å². The maximum atomic E-state index is 9.87. The Bertz CT molecular complexity index is 197. The molecule has 0 unspecified atom stereocenters. The minimum absolute atomic E-state index is 0. The number of aliphatic carboxylic acids is 2. The molecule has 0 aromatic rings. The SMILES string of the molecule is O=C([O-])C1CCC1.O=C([O-])C1CCC1.[Zn+2]. The summed E-state index contributed by atoms with van der Waals surface area (Å²) >= 11 is 0. The molecule has 0 radical (unpaired) electrons. The second kappa shape index (κ2) is 6.94. The van der Waals surface area contributed by atoms with Crippen molar-refractivity contribution < 1.29 is 39.3 Å². The summed E-state index contributed by atoms with van der Waals surface area (Å²) in [5.74, 6) is -1.96. The van der Waals surface area contributed by atoms with Crippen molar-refractivity contribution in [3.8, 4) is 0 Å². The summed E-state index contributed by atoms with van der Waals surface area (Å²) in [5, 5.41) is 19.7. The van der Waals surface area contributed by atoms with E-state index in [1.165, 1.54) is 0 Å². The standard InChI is InChI=1S/2C5H8O2.Zn/c2*6-5(7)4-2-1-3-4;/h2*4H,1-3H2,(H,6,7);/q;;+2/p-2. The molecule has 0 heterocycles. The first-order chi connectivity index (χ1) is 6.61. The molecule has 5 heteroatoms. The number of carbonyl (C=O) groups excluding carboxylic acids is 2. The minimum Gasteiger partial charge on any atom is -0.550 e. The first-order valence-electron chi connectivity index (χ1n) is 5.03. The molecule has 0 saturated heterocycles. The molecule has 15 heavy (non-hydrogen) atoms. The molecule has 0 aliphatic heterocycles. The average Bonchev–Trinajstić information content (AvgIpc) is 1.74. The Balaban J connectivity index is 0.000000245. The van der Waals surface area contributed by atoms with Gasteiger partial charge in [0.2, 0.25) is 0 Å². The van der Waals surface area contributed by atoms with Gasteiger partial charge in [0.25, 0.3) is 0 Å². The van der Waals surface area contributed by atoms with Gasteiger partial charge in [0.05, 0.1) is 0 Å². The summed E-state index contributed by atoms with van der Waals surface area (Å²) in [6, 6.07) is 0. The minimum atomic E-state index is -0.869. The maximum Gasteiger partial charge on any atom is 2.00 e. The molecule has 2 saturated carbocycles. The van der Waals surface area contributed by atoms with Crippen LogP contribution in [0.1, 0.15) is 38.5 Å². The topological polar surface area (TPSA) is 80.3 Å². The Morgan fingerprint density at radius 3 is 1.07 bits per heavy atom. The molecule has 2 aliphatic carbocycles. The monoisotopic (exact) mass is 262 g/mol. The van der Waals surface area contributed by atoms with Crippen LogP contribution < -0.4 is 10.2 Å². The van der Waals surface area contributed by atoms with Crippen LogP contribution >= 0.6 is 0 Å². The molecule has 0 bridgehead atoms. The van der Waals surface area contributed by atoms with Gasteiger partial charge in [0.15, 0.2) is 0 Å². The Labute approximate surface area is 102 Å². The molecule has 0 aromatic heterocycles. The number of rotatable bonds is 2. The van der Waals surface area contributed by atoms with Crippen molar-refractivity contribution in [3.63, 3.8) is 0 Å². The van der Waals surface area contributed by atoms with E-state index in [2.05, 4.69) is 0 Å². The molecule has 0 spiro atoms. The van der Waals surface area contributed by atoms with E-state index in [9.17, 15) is 19.8 Å². The van der Waals surface area contributed by atoms with Crippen molar-refractivity contribution in [2.45, 2.75) is 38.5 Å². The molecule has 0 amide bonds. The fraction of sp³-hybridized carbons (Fsp3) is 0.800. The zero-order valence-corrected chi connectivity index (χ0v) is 11.7. The van der Waals surface area contributed by atoms with Gasteiger partial charge in [-0.1, -0.05) is 12.8 Å². The van der Waals surface area contributed by atoms with Gasteiger partial charge in [-0.25, -0.2) is 0 Å². The Morgan fingerprint density at radius 1 is 0.800 bits per heavy atom. The van der Waals surface area contributed by atoms with Crippen molar-refractivity contribution in [2.24, 2.45) is 11.8 Å². The molecule has 2 aliphatic rings. The van der Waals surface area contributed by atoms with Gasteiger partial charge in [-0.3, -0.25) is 0 Å². The summed E-state index contributed by atoms with van der Waals surface area (Å²) in [6.45, 7) is 0. The molecule has 0 aromatic carbocycles. The van der Waals surface area contributed by atoms with Crippen molar-refractivity contribution in [1.29, 1.82) is 0 Å². The van der Waals surface area contributed by atoms with Crippen LogP contribution in [0.5, 0.6) is 0 Å². The van der Waals surface area contributed by atoms with Crippen molar-refractivity contribution in [2.75, 3.05) is 0 Å². The molecule has 0 N–H and O–H groups in total. The van der Waals surface area contributed by atoms with Gasteiger partial charge in [-0.2, -0.15) is 0 Å². The molecule has 4 nitrogen and oxygen atoms in total. The predicted molar refractivity (Wildman–Crippen MR) is 44.7 cm³/mol. The normalized spacial score (nSPS) is 19.7. The van der Waals surface area contributed by atoms with E-state index >= 15 is 0 Å². The van der Waals surface area contributed by atoms with E-state index in [0.29, 0.717) is 0 Å². The Morgan fingerprint density at radius 2 is 1.07 bits per heavy atom. The van der Waals surface area contributed by atoms with Crippen LogP contribution in [0, 0.1) is 11.8 Å². The Kier molecular flexibility index (Phi) is 6.74. The summed E-state index contributed by atoms with van der Waals surface area (Å²) < 4.78 is 0. The van der Waals surface area contributed by atoms with Crippen LogP contribution in [-0.4, -0.2) is 11.9 Å². The van der Waals surface area contributed by atoms with E-state index in [0.717, 1.165) is 38.5 Å². The van der Waals surface area contributed by atoms with E-state index in [1.807, 2.05) is 0 Å². The molecule has 2 rings (SSSR count). The van der Waals surface area contributed by atoms with Crippen LogP contribution in [0.4, 0.5) is 0 Å². The molecule has 80 valence electrons. The van der Waals surface area contributed by atoms with Crippen LogP contribution in [-0.2, 0) is 29.1 Å². The van der Waals surface area contributed by atoms with Crippen LogP contribution in [0.3, 0.4) is 0 Å². The Hall–Kier alpha value is -0.437. The largest absolute Gasteiger partial charge is 2.00 e. The van der Waals surface area contributed by atoms with Gasteiger partial charge in [0.1, 0.15) is 0 Å². The zero-order valence-electron chi connectivity index (χ0n) is 8.74. The van der Waals surface area contributed by atoms with Crippen molar-refractivity contribution in [1.82, 2.24) is 0 Å². The zero-order chi connectivity index (χ0) is 10.6. The summed E-state index contributed by atoms with van der Waals surface area (Å²) in [5.41, 5.74) is 0. The summed E-state index contributed by atoms with van der Waals surface area (Å²) in [6.07, 6.45) is 5.48. The van der Waals surface area contributed by atoms with Crippen LogP contribution in [0.15, 0.2) is 0 Å². The maximum absolute atomic E-state index is 9.87. The van der Waals surface area contributed by atoms with Crippen molar-refractivity contribution in [3.05, 3.63) is 0 Å². The van der Waals surface area contributed by atoms with Crippen LogP contribution in [0.25, 0.3) is 0 Å². The van der Waals surface area contributed by atoms with E-state index in [-0.39, 0.29) is 31.3 Å². The van der Waals surface area contributed by atoms with Gasteiger partial charge in [-0.05, 0) is 37.5 Å². The van der Waals surface area contributed by atoms with Gasteiger partial charge < -0.3 is 19.8 Å². The number of carboxylic acid groups (broad SMARTS) is 2. The number of carbonyl (C=O) groups is 2. The average molecular weight is 264 g/mol. The first-order valence-corrected chi connectivity index (χ1v) is 5.03. The number of carboxylic acids is 2.